The van der Waals surface area contributed by atoms with Crippen molar-refractivity contribution in [2.24, 2.45) is 5.41 Å². The Hall–Kier alpha value is -2.11. The maximum Gasteiger partial charge on any atom is 0.310 e. The fraction of sp³-hybridized carbons (Fsp3) is 0.500. The molecular formula is C14H18N2O4. The zero-order valence-electron chi connectivity index (χ0n) is 11.4. The number of aromatic nitrogens is 1. The van der Waals surface area contributed by atoms with Crippen LogP contribution in [-0.2, 0) is 9.59 Å². The highest BCUT2D eigenvalue weighted by Gasteiger charge is 2.42. The fourth-order valence-corrected chi connectivity index (χ4v) is 2.61. The molecule has 20 heavy (non-hydrogen) atoms. The fourth-order valence-electron chi connectivity index (χ4n) is 2.61. The second-order valence-electron chi connectivity index (χ2n) is 5.11. The average molecular weight is 278 g/mol. The van der Waals surface area contributed by atoms with Gasteiger partial charge < -0.3 is 15.2 Å². The summed E-state index contributed by atoms with van der Waals surface area (Å²) in [7, 11) is 1.51. The van der Waals surface area contributed by atoms with Gasteiger partial charge in [-0.05, 0) is 18.9 Å². The molecule has 1 amide bonds. The summed E-state index contributed by atoms with van der Waals surface area (Å²) in [4.78, 5) is 27.4. The second-order valence-corrected chi connectivity index (χ2v) is 5.11. The third-order valence-electron chi connectivity index (χ3n) is 3.74. The molecule has 2 N–H and O–H groups in total. The number of carbonyl (C=O) groups is 2. The zero-order valence-corrected chi connectivity index (χ0v) is 11.4. The van der Waals surface area contributed by atoms with Gasteiger partial charge in [0.25, 0.3) is 0 Å². The van der Waals surface area contributed by atoms with Gasteiger partial charge in [-0.15, -0.1) is 0 Å². The minimum Gasteiger partial charge on any atom is -0.481 e. The number of carboxylic acids is 1. The molecule has 108 valence electrons. The molecule has 1 aromatic heterocycles. The minimum atomic E-state index is -0.899. The largest absolute Gasteiger partial charge is 0.481 e. The topological polar surface area (TPSA) is 88.5 Å². The number of methoxy groups -OCH3 is 1. The van der Waals surface area contributed by atoms with E-state index in [0.29, 0.717) is 24.4 Å². The molecule has 1 aromatic rings. The summed E-state index contributed by atoms with van der Waals surface area (Å²) in [5.74, 6) is -0.708. The number of nitrogens with zero attached hydrogens (tertiary/aromatic N) is 1. The van der Waals surface area contributed by atoms with Gasteiger partial charge in [-0.3, -0.25) is 9.59 Å². The molecule has 0 atom stereocenters. The van der Waals surface area contributed by atoms with Crippen LogP contribution in [0.5, 0.6) is 5.88 Å². The summed E-state index contributed by atoms with van der Waals surface area (Å²) in [6.45, 7) is 0. The molecule has 2 rings (SSSR count). The van der Waals surface area contributed by atoms with E-state index in [4.69, 9.17) is 4.74 Å². The lowest BCUT2D eigenvalue weighted by Crippen LogP contribution is -2.32. The number of hydrogen-bond donors (Lipinski definition) is 2. The van der Waals surface area contributed by atoms with Gasteiger partial charge in [-0.2, -0.15) is 0 Å². The molecule has 0 saturated heterocycles. The van der Waals surface area contributed by atoms with Crippen LogP contribution in [0.2, 0.25) is 0 Å². The quantitative estimate of drug-likeness (QED) is 0.860. The van der Waals surface area contributed by atoms with Crippen molar-refractivity contribution in [3.05, 3.63) is 18.3 Å². The van der Waals surface area contributed by atoms with E-state index >= 15 is 0 Å². The predicted molar refractivity (Wildman–Crippen MR) is 72.6 cm³/mol. The lowest BCUT2D eigenvalue weighted by molar-refractivity contribution is -0.150. The molecule has 0 aromatic carbocycles. The monoisotopic (exact) mass is 278 g/mol. The molecule has 1 fully saturated rings. The van der Waals surface area contributed by atoms with Crippen molar-refractivity contribution < 1.29 is 19.4 Å². The predicted octanol–water partition coefficient (Wildman–Crippen LogP) is 2.06. The first-order valence-electron chi connectivity index (χ1n) is 6.59. The molecule has 0 spiro atoms. The van der Waals surface area contributed by atoms with Crippen LogP contribution in [-0.4, -0.2) is 29.1 Å². The van der Waals surface area contributed by atoms with E-state index in [1.807, 2.05) is 0 Å². The zero-order chi connectivity index (χ0) is 14.6. The molecule has 0 bridgehead atoms. The summed E-state index contributed by atoms with van der Waals surface area (Å²) < 4.78 is 4.93. The normalized spacial score (nSPS) is 16.6. The Balaban J connectivity index is 1.99. The van der Waals surface area contributed by atoms with Crippen LogP contribution in [0.3, 0.4) is 0 Å². The first-order valence-corrected chi connectivity index (χ1v) is 6.59. The van der Waals surface area contributed by atoms with Crippen molar-refractivity contribution >= 4 is 17.6 Å². The van der Waals surface area contributed by atoms with Gasteiger partial charge in [0, 0.05) is 12.5 Å². The number of ether oxygens (including phenoxy) is 1. The first-order chi connectivity index (χ1) is 9.55. The number of carboxylic acid groups (broad SMARTS) is 1. The maximum absolute atomic E-state index is 12.0. The summed E-state index contributed by atoms with van der Waals surface area (Å²) >= 11 is 0. The number of nitrogens with one attached hydrogen (secondary N) is 1. The molecule has 6 nitrogen and oxygen atoms in total. The molecule has 0 aliphatic heterocycles. The summed E-state index contributed by atoms with van der Waals surface area (Å²) in [5.41, 5.74) is -0.362. The van der Waals surface area contributed by atoms with Gasteiger partial charge in [0.05, 0.1) is 24.4 Å². The molecule has 1 heterocycles. The second kappa shape index (κ2) is 5.90. The van der Waals surface area contributed by atoms with E-state index in [1.54, 1.807) is 12.1 Å². The van der Waals surface area contributed by atoms with Crippen LogP contribution in [0.1, 0.15) is 32.1 Å². The van der Waals surface area contributed by atoms with Crippen LogP contribution < -0.4 is 10.1 Å². The van der Waals surface area contributed by atoms with E-state index in [-0.39, 0.29) is 12.3 Å². The Morgan fingerprint density at radius 2 is 2.10 bits per heavy atom. The van der Waals surface area contributed by atoms with Crippen molar-refractivity contribution in [2.45, 2.75) is 32.1 Å². The van der Waals surface area contributed by atoms with Gasteiger partial charge in [0.15, 0.2) is 0 Å². The van der Waals surface area contributed by atoms with Crippen molar-refractivity contribution in [1.29, 1.82) is 0 Å². The molecule has 6 heteroatoms. The SMILES string of the molecule is COc1ccc(NC(=O)CC2(C(=O)O)CCCC2)cn1. The molecule has 1 aliphatic rings. The number of aliphatic carboxylic acids is 1. The number of anilines is 1. The lowest BCUT2D eigenvalue weighted by Gasteiger charge is -2.22. The van der Waals surface area contributed by atoms with Crippen LogP contribution in [0.4, 0.5) is 5.69 Å². The van der Waals surface area contributed by atoms with Crippen molar-refractivity contribution in [1.82, 2.24) is 4.98 Å². The van der Waals surface area contributed by atoms with Gasteiger partial charge in [0.2, 0.25) is 11.8 Å². The molecule has 0 unspecified atom stereocenters. The van der Waals surface area contributed by atoms with E-state index < -0.39 is 11.4 Å². The van der Waals surface area contributed by atoms with E-state index in [9.17, 15) is 14.7 Å². The Bertz CT molecular complexity index is 492. The summed E-state index contributed by atoms with van der Waals surface area (Å²) in [6, 6.07) is 3.31. The standard InChI is InChI=1S/C14H18N2O4/c1-20-12-5-4-10(9-15-12)16-11(17)8-14(13(18)19)6-2-3-7-14/h4-5,9H,2-3,6-8H2,1H3,(H,16,17)(H,18,19). The molecular weight excluding hydrogens is 260 g/mol. The van der Waals surface area contributed by atoms with Gasteiger partial charge in [-0.25, -0.2) is 4.98 Å². The lowest BCUT2D eigenvalue weighted by atomic mass is 9.82. The van der Waals surface area contributed by atoms with Gasteiger partial charge in [0.1, 0.15) is 0 Å². The highest BCUT2D eigenvalue weighted by atomic mass is 16.5. The van der Waals surface area contributed by atoms with Gasteiger partial charge in [-0.1, -0.05) is 12.8 Å². The van der Waals surface area contributed by atoms with Crippen molar-refractivity contribution in [3.63, 3.8) is 0 Å². The smallest absolute Gasteiger partial charge is 0.310 e. The maximum atomic E-state index is 12.0. The third-order valence-corrected chi connectivity index (χ3v) is 3.74. The molecule has 1 saturated carbocycles. The van der Waals surface area contributed by atoms with Crippen molar-refractivity contribution in [2.75, 3.05) is 12.4 Å². The van der Waals surface area contributed by atoms with E-state index in [2.05, 4.69) is 10.3 Å². The van der Waals surface area contributed by atoms with Crippen LogP contribution >= 0.6 is 0 Å². The van der Waals surface area contributed by atoms with Crippen LogP contribution in [0.15, 0.2) is 18.3 Å². The molecule has 0 radical (unpaired) electrons. The van der Waals surface area contributed by atoms with E-state index in [0.717, 1.165) is 12.8 Å². The van der Waals surface area contributed by atoms with Crippen LogP contribution in [0, 0.1) is 5.41 Å². The van der Waals surface area contributed by atoms with Gasteiger partial charge >= 0.3 is 5.97 Å². The Labute approximate surface area is 117 Å². The number of amides is 1. The first kappa shape index (κ1) is 14.3. The van der Waals surface area contributed by atoms with Crippen LogP contribution in [0.25, 0.3) is 0 Å². The Morgan fingerprint density at radius 1 is 1.40 bits per heavy atom. The highest BCUT2D eigenvalue weighted by molar-refractivity contribution is 5.94. The van der Waals surface area contributed by atoms with E-state index in [1.165, 1.54) is 13.3 Å². The summed E-state index contributed by atoms with van der Waals surface area (Å²) in [5, 5.41) is 12.0. The number of rotatable bonds is 5. The highest BCUT2D eigenvalue weighted by Crippen LogP contribution is 2.41. The number of carbonyl (C=O) groups excluding carboxylic acids is 1. The molecule has 1 aliphatic carbocycles. The Kier molecular flexibility index (Phi) is 4.22. The van der Waals surface area contributed by atoms with Crippen molar-refractivity contribution in [3.8, 4) is 5.88 Å². The average Bonchev–Trinajstić information content (AvgIpc) is 2.89. The third kappa shape index (κ3) is 3.07. The number of pyridine rings is 1. The number of hydrogen-bond acceptors (Lipinski definition) is 4. The minimum absolute atomic E-state index is 0.00830. The summed E-state index contributed by atoms with van der Waals surface area (Å²) in [6.07, 6.45) is 4.35. The Morgan fingerprint density at radius 3 is 2.60 bits per heavy atom.